The number of hydrogen-bond acceptors (Lipinski definition) is 4. The lowest BCUT2D eigenvalue weighted by atomic mass is 10.0. The van der Waals surface area contributed by atoms with Gasteiger partial charge in [0.25, 0.3) is 0 Å². The maximum atomic E-state index is 10.4. The van der Waals surface area contributed by atoms with Gasteiger partial charge in [0.05, 0.1) is 0 Å². The van der Waals surface area contributed by atoms with E-state index in [1.165, 1.54) is 6.92 Å². The highest BCUT2D eigenvalue weighted by Gasteiger charge is 2.32. The highest BCUT2D eigenvalue weighted by atomic mass is 16.5. The quantitative estimate of drug-likeness (QED) is 0.340. The van der Waals surface area contributed by atoms with Gasteiger partial charge in [0.2, 0.25) is 0 Å². The summed E-state index contributed by atoms with van der Waals surface area (Å²) in [7, 11) is 0. The summed E-state index contributed by atoms with van der Waals surface area (Å²) in [6, 6.07) is 0. The highest BCUT2D eigenvalue weighted by molar-refractivity contribution is 5.95. The van der Waals surface area contributed by atoms with Crippen LogP contribution in [0.1, 0.15) is 13.3 Å². The topological polar surface area (TPSA) is 115 Å². The minimum atomic E-state index is -2.61. The van der Waals surface area contributed by atoms with Crippen LogP contribution in [0.4, 0.5) is 0 Å². The summed E-state index contributed by atoms with van der Waals surface area (Å²) in [5, 5.41) is 34.8. The molecule has 6 heteroatoms. The smallest absolute Gasteiger partial charge is 0.337 e. The first-order valence-electron chi connectivity index (χ1n) is 3.44. The zero-order valence-electron chi connectivity index (χ0n) is 6.89. The summed E-state index contributed by atoms with van der Waals surface area (Å²) in [5.41, 5.74) is -0.956. The van der Waals surface area contributed by atoms with Crippen molar-refractivity contribution in [2.45, 2.75) is 19.1 Å². The normalized spacial score (nSPS) is 12.7. The molecule has 0 unspecified atom stereocenters. The Morgan fingerprint density at radius 2 is 1.77 bits per heavy atom. The minimum Gasteiger partial charge on any atom is -0.478 e. The number of carbonyl (C=O) groups is 2. The molecule has 0 rings (SSSR count). The first-order chi connectivity index (χ1) is 5.81. The lowest BCUT2D eigenvalue weighted by Crippen LogP contribution is -2.34. The fourth-order valence-corrected chi connectivity index (χ4v) is 0.663. The van der Waals surface area contributed by atoms with E-state index in [9.17, 15) is 9.59 Å². The zero-order valence-corrected chi connectivity index (χ0v) is 6.89. The first-order valence-corrected chi connectivity index (χ1v) is 3.44. The molecule has 6 nitrogen and oxygen atoms in total. The number of aliphatic hydroxyl groups is 2. The van der Waals surface area contributed by atoms with Gasteiger partial charge in [-0.2, -0.15) is 0 Å². The molecule has 0 fully saturated rings. The summed E-state index contributed by atoms with van der Waals surface area (Å²) >= 11 is 0. The molecule has 74 valence electrons. The molecular weight excluding hydrogens is 180 g/mol. The number of carboxylic acid groups (broad SMARTS) is 2. The molecule has 0 amide bonds. The van der Waals surface area contributed by atoms with Crippen LogP contribution in [0.2, 0.25) is 0 Å². The molecule has 0 atom stereocenters. The SMILES string of the molecule is CCC(O)(O)/C(=C/C(=O)O)C(=O)O. The largest absolute Gasteiger partial charge is 0.478 e. The molecule has 13 heavy (non-hydrogen) atoms. The molecule has 0 aromatic heterocycles. The molecule has 0 bridgehead atoms. The number of carboxylic acids is 2. The Morgan fingerprint density at radius 3 is 2.00 bits per heavy atom. The number of rotatable bonds is 4. The predicted octanol–water partition coefficient (Wildman–Crippen LogP) is -0.827. The lowest BCUT2D eigenvalue weighted by Gasteiger charge is -2.19. The van der Waals surface area contributed by atoms with Crippen molar-refractivity contribution >= 4 is 11.9 Å². The lowest BCUT2D eigenvalue weighted by molar-refractivity contribution is -0.156. The average molecular weight is 190 g/mol. The Balaban J connectivity index is 5.04. The van der Waals surface area contributed by atoms with Crippen LogP contribution in [0.25, 0.3) is 0 Å². The maximum Gasteiger partial charge on any atom is 0.337 e. The molecule has 0 aliphatic carbocycles. The zero-order chi connectivity index (χ0) is 10.6. The standard InChI is InChI=1S/C7H10O6/c1-2-7(12,13)4(6(10)11)3-5(8)9/h3,12-13H,2H2,1H3,(H,8,9)(H,10,11)/b4-3+. The van der Waals surface area contributed by atoms with Crippen molar-refractivity contribution in [3.05, 3.63) is 11.6 Å². The van der Waals surface area contributed by atoms with Crippen molar-refractivity contribution < 1.29 is 30.0 Å². The van der Waals surface area contributed by atoms with Gasteiger partial charge in [-0.3, -0.25) is 0 Å². The van der Waals surface area contributed by atoms with E-state index in [0.717, 1.165) is 0 Å². The van der Waals surface area contributed by atoms with Crippen molar-refractivity contribution in [1.82, 2.24) is 0 Å². The Bertz CT molecular complexity index is 252. The fraction of sp³-hybridized carbons (Fsp3) is 0.429. The number of aliphatic carboxylic acids is 2. The van der Waals surface area contributed by atoms with E-state index in [0.29, 0.717) is 0 Å². The van der Waals surface area contributed by atoms with Gasteiger partial charge in [0.15, 0.2) is 5.79 Å². The van der Waals surface area contributed by atoms with Crippen LogP contribution in [0.15, 0.2) is 11.6 Å². The molecule has 0 aromatic carbocycles. The molecule has 0 aromatic rings. The van der Waals surface area contributed by atoms with E-state index in [1.54, 1.807) is 0 Å². The maximum absolute atomic E-state index is 10.4. The van der Waals surface area contributed by atoms with Gasteiger partial charge in [-0.1, -0.05) is 6.92 Å². The summed E-state index contributed by atoms with van der Waals surface area (Å²) in [6.45, 7) is 1.32. The van der Waals surface area contributed by atoms with Crippen molar-refractivity contribution in [1.29, 1.82) is 0 Å². The molecule has 0 aliphatic heterocycles. The molecule has 0 radical (unpaired) electrons. The molecule has 0 heterocycles. The van der Waals surface area contributed by atoms with Gasteiger partial charge in [0.1, 0.15) is 5.57 Å². The van der Waals surface area contributed by atoms with Crippen molar-refractivity contribution in [2.75, 3.05) is 0 Å². The van der Waals surface area contributed by atoms with Crippen molar-refractivity contribution in [3.8, 4) is 0 Å². The van der Waals surface area contributed by atoms with Gasteiger partial charge in [0, 0.05) is 12.5 Å². The van der Waals surface area contributed by atoms with Gasteiger partial charge in [-0.05, 0) is 0 Å². The van der Waals surface area contributed by atoms with Gasteiger partial charge >= 0.3 is 11.9 Å². The Hall–Kier alpha value is -1.40. The third kappa shape index (κ3) is 3.22. The molecule has 4 N–H and O–H groups in total. The molecule has 0 spiro atoms. The van der Waals surface area contributed by atoms with E-state index in [2.05, 4.69) is 0 Å². The third-order valence-corrected chi connectivity index (χ3v) is 1.42. The second-order valence-electron chi connectivity index (χ2n) is 2.37. The van der Waals surface area contributed by atoms with E-state index in [1.807, 2.05) is 0 Å². The van der Waals surface area contributed by atoms with E-state index in [-0.39, 0.29) is 12.5 Å². The fourth-order valence-electron chi connectivity index (χ4n) is 0.663. The van der Waals surface area contributed by atoms with Crippen LogP contribution in [0.3, 0.4) is 0 Å². The summed E-state index contributed by atoms with van der Waals surface area (Å²) < 4.78 is 0. The molecular formula is C7H10O6. The molecule has 0 aliphatic rings. The summed E-state index contributed by atoms with van der Waals surface area (Å²) in [6.07, 6.45) is -0.0513. The van der Waals surface area contributed by atoms with Crippen LogP contribution in [0.5, 0.6) is 0 Å². The Kier molecular flexibility index (Phi) is 3.58. The van der Waals surface area contributed by atoms with E-state index < -0.39 is 23.3 Å². The monoisotopic (exact) mass is 190 g/mol. The van der Waals surface area contributed by atoms with Crippen LogP contribution in [-0.4, -0.2) is 38.2 Å². The van der Waals surface area contributed by atoms with Crippen LogP contribution in [-0.2, 0) is 9.59 Å². The van der Waals surface area contributed by atoms with Crippen molar-refractivity contribution in [3.63, 3.8) is 0 Å². The second-order valence-corrected chi connectivity index (χ2v) is 2.37. The Morgan fingerprint density at radius 1 is 1.31 bits per heavy atom. The highest BCUT2D eigenvalue weighted by Crippen LogP contribution is 2.17. The molecule has 0 saturated carbocycles. The van der Waals surface area contributed by atoms with Gasteiger partial charge in [-0.15, -0.1) is 0 Å². The van der Waals surface area contributed by atoms with Crippen LogP contribution in [0, 0.1) is 0 Å². The molecule has 0 saturated heterocycles. The average Bonchev–Trinajstić information content (AvgIpc) is 1.99. The summed E-state index contributed by atoms with van der Waals surface area (Å²) in [5.74, 6) is -5.82. The summed E-state index contributed by atoms with van der Waals surface area (Å²) in [4.78, 5) is 20.5. The van der Waals surface area contributed by atoms with Crippen LogP contribution >= 0.6 is 0 Å². The number of hydrogen-bond donors (Lipinski definition) is 4. The van der Waals surface area contributed by atoms with Crippen LogP contribution < -0.4 is 0 Å². The first kappa shape index (κ1) is 11.6. The van der Waals surface area contributed by atoms with Crippen molar-refractivity contribution in [2.24, 2.45) is 0 Å². The minimum absolute atomic E-state index is 0.256. The Labute approximate surface area is 73.7 Å². The second kappa shape index (κ2) is 4.01. The van der Waals surface area contributed by atoms with E-state index in [4.69, 9.17) is 20.4 Å². The van der Waals surface area contributed by atoms with E-state index >= 15 is 0 Å². The van der Waals surface area contributed by atoms with Gasteiger partial charge in [-0.25, -0.2) is 9.59 Å². The van der Waals surface area contributed by atoms with Gasteiger partial charge < -0.3 is 20.4 Å². The third-order valence-electron chi connectivity index (χ3n) is 1.42. The predicted molar refractivity (Wildman–Crippen MR) is 40.8 cm³/mol.